The van der Waals surface area contributed by atoms with E-state index in [9.17, 15) is 18.0 Å². The Morgan fingerprint density at radius 3 is 2.34 bits per heavy atom. The van der Waals surface area contributed by atoms with Crippen molar-refractivity contribution in [3.63, 3.8) is 0 Å². The topological polar surface area (TPSA) is 122 Å². The molecule has 2 aromatic carbocycles. The predicted octanol–water partition coefficient (Wildman–Crippen LogP) is 2.16. The van der Waals surface area contributed by atoms with E-state index in [-0.39, 0.29) is 23.7 Å². The molecule has 2 amide bonds. The third-order valence-corrected chi connectivity index (χ3v) is 9.23. The van der Waals surface area contributed by atoms with E-state index in [0.29, 0.717) is 39.1 Å². The Morgan fingerprint density at radius 1 is 1.08 bits per heavy atom. The van der Waals surface area contributed by atoms with E-state index in [1.807, 2.05) is 54.6 Å². The van der Waals surface area contributed by atoms with Gasteiger partial charge in [0.1, 0.15) is 6.04 Å². The molecule has 1 unspecified atom stereocenters. The summed E-state index contributed by atoms with van der Waals surface area (Å²) in [7, 11) is -3.41. The van der Waals surface area contributed by atoms with Gasteiger partial charge in [0.25, 0.3) is 0 Å². The molecule has 206 valence electrons. The number of likely N-dealkylation sites (tertiary alicyclic amines) is 1. The van der Waals surface area contributed by atoms with Crippen molar-refractivity contribution in [1.29, 1.82) is 0 Å². The monoisotopic (exact) mass is 542 g/mol. The summed E-state index contributed by atoms with van der Waals surface area (Å²) in [5.41, 5.74) is 7.20. The van der Waals surface area contributed by atoms with Crippen LogP contribution in [0.1, 0.15) is 44.7 Å². The second kappa shape index (κ2) is 11.0. The fourth-order valence-electron chi connectivity index (χ4n) is 5.18. The smallest absolute Gasteiger partial charge is 0.247 e. The van der Waals surface area contributed by atoms with Crippen LogP contribution < -0.4 is 15.4 Å². The predicted molar refractivity (Wildman–Crippen MR) is 147 cm³/mol. The number of hydrogen-bond donors (Lipinski definition) is 2. The number of benzene rings is 2. The molecular formula is C28H38N4O5S. The van der Waals surface area contributed by atoms with Gasteiger partial charge in [0.05, 0.1) is 30.2 Å². The first-order chi connectivity index (χ1) is 18.0. The van der Waals surface area contributed by atoms with Gasteiger partial charge in [-0.2, -0.15) is 0 Å². The minimum atomic E-state index is -3.41. The number of fused-ring (bicyclic) bond motifs is 2. The molecular weight excluding hydrogens is 504 g/mol. The van der Waals surface area contributed by atoms with Crippen molar-refractivity contribution in [2.24, 2.45) is 5.73 Å². The summed E-state index contributed by atoms with van der Waals surface area (Å²) in [5.74, 6) is -0.628. The number of sulfonamides is 1. The standard InChI is InChI=1S/C28H38N4O5S/c1-4-38(35,36)32-20-28(22-12-8-9-13-24(22)32)14-16-31(17-15-28)25(33)23(30-26(34)27(2,3)29)19-37-18-21-10-6-5-7-11-21/h5-13,23H,4,14-20,29H2,1-3H3,(H,30,34). The van der Waals surface area contributed by atoms with Gasteiger partial charge in [-0.1, -0.05) is 48.5 Å². The quantitative estimate of drug-likeness (QED) is 0.501. The van der Waals surface area contributed by atoms with Crippen LogP contribution in [0.3, 0.4) is 0 Å². The molecule has 2 aliphatic rings. The van der Waals surface area contributed by atoms with Gasteiger partial charge in [0.2, 0.25) is 21.8 Å². The Balaban J connectivity index is 1.47. The molecule has 9 nitrogen and oxygen atoms in total. The molecule has 0 radical (unpaired) electrons. The van der Waals surface area contributed by atoms with Gasteiger partial charge < -0.3 is 20.7 Å². The number of nitrogens with zero attached hydrogens (tertiary/aromatic N) is 2. The number of carbonyl (C=O) groups excluding carboxylic acids is 2. The summed E-state index contributed by atoms with van der Waals surface area (Å²) in [6, 6.07) is 16.4. The Kier molecular flexibility index (Phi) is 8.15. The third-order valence-electron chi connectivity index (χ3n) is 7.51. The number of ether oxygens (including phenoxy) is 1. The molecule has 1 atom stereocenters. The summed E-state index contributed by atoms with van der Waals surface area (Å²) in [5, 5.41) is 2.78. The van der Waals surface area contributed by atoms with Gasteiger partial charge in [-0.25, -0.2) is 8.42 Å². The van der Waals surface area contributed by atoms with Crippen LogP contribution in [0.2, 0.25) is 0 Å². The number of piperidine rings is 1. The van der Waals surface area contributed by atoms with Crippen molar-refractivity contribution < 1.29 is 22.7 Å². The number of rotatable bonds is 9. The molecule has 1 saturated heterocycles. The van der Waals surface area contributed by atoms with E-state index in [0.717, 1.165) is 16.8 Å². The molecule has 4 rings (SSSR count). The second-order valence-corrected chi connectivity index (χ2v) is 13.0. The van der Waals surface area contributed by atoms with E-state index in [2.05, 4.69) is 5.32 Å². The van der Waals surface area contributed by atoms with Gasteiger partial charge in [-0.15, -0.1) is 0 Å². The number of anilines is 1. The average Bonchev–Trinajstić information content (AvgIpc) is 3.23. The summed E-state index contributed by atoms with van der Waals surface area (Å²) < 4.78 is 33.0. The molecule has 0 aliphatic carbocycles. The van der Waals surface area contributed by atoms with Crippen LogP contribution in [0.25, 0.3) is 0 Å². The molecule has 2 aromatic rings. The number of carbonyl (C=O) groups is 2. The number of nitrogens with two attached hydrogens (primary N) is 1. The summed E-state index contributed by atoms with van der Waals surface area (Å²) in [6.07, 6.45) is 1.25. The van der Waals surface area contributed by atoms with Crippen LogP contribution in [0, 0.1) is 0 Å². The van der Waals surface area contributed by atoms with Crippen molar-refractivity contribution in [1.82, 2.24) is 10.2 Å². The lowest BCUT2D eigenvalue weighted by Crippen LogP contribution is -2.59. The normalized spacial score (nSPS) is 17.8. The summed E-state index contributed by atoms with van der Waals surface area (Å²) in [4.78, 5) is 28.0. The van der Waals surface area contributed by atoms with Crippen molar-refractivity contribution in [3.8, 4) is 0 Å². The first-order valence-electron chi connectivity index (χ1n) is 13.1. The highest BCUT2D eigenvalue weighted by atomic mass is 32.2. The molecule has 10 heteroatoms. The zero-order chi connectivity index (χ0) is 27.6. The van der Waals surface area contributed by atoms with Gasteiger partial charge in [-0.05, 0) is 50.8 Å². The molecule has 0 bridgehead atoms. The maximum Gasteiger partial charge on any atom is 0.247 e. The van der Waals surface area contributed by atoms with Crippen LogP contribution in [0.15, 0.2) is 54.6 Å². The van der Waals surface area contributed by atoms with Crippen molar-refractivity contribution in [3.05, 3.63) is 65.7 Å². The lowest BCUT2D eigenvalue weighted by atomic mass is 9.74. The Hall–Kier alpha value is -2.95. The van der Waals surface area contributed by atoms with E-state index in [1.165, 1.54) is 4.31 Å². The minimum Gasteiger partial charge on any atom is -0.374 e. The van der Waals surface area contributed by atoms with Crippen LogP contribution in [-0.2, 0) is 36.4 Å². The summed E-state index contributed by atoms with van der Waals surface area (Å²) in [6.45, 7) is 6.44. The molecule has 1 spiro atoms. The first kappa shape index (κ1) is 28.1. The van der Waals surface area contributed by atoms with Crippen LogP contribution in [0.5, 0.6) is 0 Å². The van der Waals surface area contributed by atoms with Crippen LogP contribution in [0.4, 0.5) is 5.69 Å². The van der Waals surface area contributed by atoms with Gasteiger partial charge in [0.15, 0.2) is 0 Å². The van der Waals surface area contributed by atoms with Crippen LogP contribution in [-0.4, -0.2) is 68.7 Å². The lowest BCUT2D eigenvalue weighted by molar-refractivity contribution is -0.140. The molecule has 2 heterocycles. The summed E-state index contributed by atoms with van der Waals surface area (Å²) >= 11 is 0. The largest absolute Gasteiger partial charge is 0.374 e. The van der Waals surface area contributed by atoms with E-state index >= 15 is 0 Å². The Labute approximate surface area is 225 Å². The number of para-hydroxylation sites is 1. The second-order valence-electron chi connectivity index (χ2n) is 10.8. The molecule has 0 aromatic heterocycles. The molecule has 2 aliphatic heterocycles. The zero-order valence-corrected chi connectivity index (χ0v) is 23.2. The number of amides is 2. The van der Waals surface area contributed by atoms with E-state index < -0.39 is 27.5 Å². The number of hydrogen-bond acceptors (Lipinski definition) is 6. The highest BCUT2D eigenvalue weighted by Crippen LogP contribution is 2.48. The molecule has 0 saturated carbocycles. The Morgan fingerprint density at radius 2 is 1.71 bits per heavy atom. The highest BCUT2D eigenvalue weighted by Gasteiger charge is 2.48. The van der Waals surface area contributed by atoms with E-state index in [4.69, 9.17) is 10.5 Å². The molecule has 1 fully saturated rings. The Bertz CT molecular complexity index is 1250. The fourth-order valence-corrected chi connectivity index (χ4v) is 6.39. The van der Waals surface area contributed by atoms with Crippen molar-refractivity contribution >= 4 is 27.5 Å². The minimum absolute atomic E-state index is 0.0164. The van der Waals surface area contributed by atoms with Crippen LogP contribution >= 0.6 is 0 Å². The zero-order valence-electron chi connectivity index (χ0n) is 22.4. The number of nitrogens with one attached hydrogen (secondary N) is 1. The first-order valence-corrected chi connectivity index (χ1v) is 14.7. The maximum atomic E-state index is 13.6. The van der Waals surface area contributed by atoms with Gasteiger partial charge in [0, 0.05) is 25.0 Å². The maximum absolute atomic E-state index is 13.6. The van der Waals surface area contributed by atoms with Crippen molar-refractivity contribution in [2.75, 3.05) is 36.3 Å². The average molecular weight is 543 g/mol. The highest BCUT2D eigenvalue weighted by molar-refractivity contribution is 7.92. The fraction of sp³-hybridized carbons (Fsp3) is 0.500. The third kappa shape index (κ3) is 5.87. The lowest BCUT2D eigenvalue weighted by Gasteiger charge is -2.41. The van der Waals surface area contributed by atoms with E-state index in [1.54, 1.807) is 25.7 Å². The SMILES string of the molecule is CCS(=O)(=O)N1CC2(CCN(C(=O)C(COCc3ccccc3)NC(=O)C(C)(C)N)CC2)c2ccccc21. The van der Waals surface area contributed by atoms with Gasteiger partial charge in [-0.3, -0.25) is 13.9 Å². The van der Waals surface area contributed by atoms with Gasteiger partial charge >= 0.3 is 0 Å². The molecule has 3 N–H and O–H groups in total. The van der Waals surface area contributed by atoms with Crippen molar-refractivity contribution in [2.45, 2.75) is 57.2 Å². The molecule has 38 heavy (non-hydrogen) atoms.